The number of hydrogen-bond acceptors (Lipinski definition) is 2. The number of rotatable bonds is 3. The van der Waals surface area contributed by atoms with E-state index in [9.17, 15) is 4.79 Å². The van der Waals surface area contributed by atoms with Gasteiger partial charge in [-0.3, -0.25) is 4.79 Å². The van der Waals surface area contributed by atoms with Crippen molar-refractivity contribution in [2.24, 2.45) is 11.3 Å². The molecule has 1 heterocycles. The molecule has 1 saturated carbocycles. The number of amides is 1. The molecule has 1 aromatic rings. The van der Waals surface area contributed by atoms with E-state index in [1.807, 2.05) is 13.1 Å². The summed E-state index contributed by atoms with van der Waals surface area (Å²) in [6.07, 6.45) is 4.23. The van der Waals surface area contributed by atoms with Crippen molar-refractivity contribution in [1.82, 2.24) is 5.32 Å². The van der Waals surface area contributed by atoms with Gasteiger partial charge in [0.2, 0.25) is 5.91 Å². The minimum atomic E-state index is 0.0559. The fourth-order valence-corrected chi connectivity index (χ4v) is 4.33. The molecule has 1 amide bonds. The summed E-state index contributed by atoms with van der Waals surface area (Å²) in [6.45, 7) is 4.70. The molecule has 0 radical (unpaired) electrons. The highest BCUT2D eigenvalue weighted by Gasteiger charge is 2.40. The van der Waals surface area contributed by atoms with Gasteiger partial charge >= 0.3 is 0 Å². The van der Waals surface area contributed by atoms with Crippen LogP contribution in [0.3, 0.4) is 0 Å². The summed E-state index contributed by atoms with van der Waals surface area (Å²) < 4.78 is 0. The third-order valence-corrected chi connectivity index (χ3v) is 5.56. The molecule has 2 atom stereocenters. The Morgan fingerprint density at radius 1 is 1.43 bits per heavy atom. The van der Waals surface area contributed by atoms with Crippen molar-refractivity contribution in [3.8, 4) is 0 Å². The summed E-state index contributed by atoms with van der Waals surface area (Å²) in [4.78, 5) is 11.6. The zero-order chi connectivity index (χ0) is 15.2. The smallest absolute Gasteiger partial charge is 0.228 e. The monoisotopic (exact) mass is 306 g/mol. The average molecular weight is 307 g/mol. The van der Waals surface area contributed by atoms with Crippen LogP contribution >= 0.6 is 11.6 Å². The molecule has 1 aliphatic heterocycles. The van der Waals surface area contributed by atoms with Crippen LogP contribution in [0.5, 0.6) is 0 Å². The quantitative estimate of drug-likeness (QED) is 0.888. The van der Waals surface area contributed by atoms with Gasteiger partial charge in [-0.2, -0.15) is 0 Å². The summed E-state index contributed by atoms with van der Waals surface area (Å²) >= 11 is 6.51. The van der Waals surface area contributed by atoms with Crippen LogP contribution in [0.2, 0.25) is 5.02 Å². The van der Waals surface area contributed by atoms with E-state index in [1.165, 1.54) is 19.3 Å². The summed E-state index contributed by atoms with van der Waals surface area (Å²) in [5, 5.41) is 7.08. The Balaban J connectivity index is 1.98. The van der Waals surface area contributed by atoms with E-state index in [2.05, 4.69) is 30.5 Å². The van der Waals surface area contributed by atoms with Gasteiger partial charge in [-0.1, -0.05) is 37.9 Å². The number of fused-ring (bicyclic) bond motifs is 1. The van der Waals surface area contributed by atoms with Gasteiger partial charge < -0.3 is 10.6 Å². The molecule has 2 N–H and O–H groups in total. The Hall–Kier alpha value is -1.06. The highest BCUT2D eigenvalue weighted by atomic mass is 35.5. The van der Waals surface area contributed by atoms with Gasteiger partial charge in [0.1, 0.15) is 0 Å². The highest BCUT2D eigenvalue weighted by Crippen LogP contribution is 2.50. The number of halogens is 1. The molecular formula is C17H23ClN2O. The zero-order valence-corrected chi connectivity index (χ0v) is 13.7. The van der Waals surface area contributed by atoms with Crippen LogP contribution in [0.15, 0.2) is 12.1 Å². The average Bonchev–Trinajstić information content (AvgIpc) is 2.92. The van der Waals surface area contributed by atoms with Gasteiger partial charge in [0.25, 0.3) is 0 Å². The van der Waals surface area contributed by atoms with E-state index in [0.29, 0.717) is 17.8 Å². The van der Waals surface area contributed by atoms with E-state index < -0.39 is 0 Å². The van der Waals surface area contributed by atoms with E-state index >= 15 is 0 Å². The van der Waals surface area contributed by atoms with Crippen LogP contribution in [0, 0.1) is 11.3 Å². The number of carbonyl (C=O) groups is 1. The fourth-order valence-electron chi connectivity index (χ4n) is 4.05. The van der Waals surface area contributed by atoms with E-state index in [1.54, 1.807) is 0 Å². The van der Waals surface area contributed by atoms with E-state index in [-0.39, 0.29) is 11.9 Å². The molecular weight excluding hydrogens is 284 g/mol. The first-order valence-electron chi connectivity index (χ1n) is 7.72. The maximum Gasteiger partial charge on any atom is 0.228 e. The molecule has 0 saturated heterocycles. The zero-order valence-electron chi connectivity index (χ0n) is 12.9. The van der Waals surface area contributed by atoms with Crippen molar-refractivity contribution in [3.63, 3.8) is 0 Å². The summed E-state index contributed by atoms with van der Waals surface area (Å²) in [7, 11) is 2.01. The van der Waals surface area contributed by atoms with Crippen LogP contribution in [-0.4, -0.2) is 13.0 Å². The van der Waals surface area contributed by atoms with Crippen molar-refractivity contribution in [2.75, 3.05) is 12.4 Å². The van der Waals surface area contributed by atoms with Crippen LogP contribution in [0.1, 0.15) is 50.3 Å². The number of benzene rings is 1. The lowest BCUT2D eigenvalue weighted by Gasteiger charge is -2.35. The second-order valence-corrected chi connectivity index (χ2v) is 7.42. The first kappa shape index (κ1) is 14.9. The Labute approximate surface area is 131 Å². The summed E-state index contributed by atoms with van der Waals surface area (Å²) in [5.74, 6) is 0.628. The SMILES string of the molecule is CNC(c1cc2c(cc1Cl)NC(=O)C2)C1CCCC1(C)C. The van der Waals surface area contributed by atoms with Crippen molar-refractivity contribution >= 4 is 23.2 Å². The predicted octanol–water partition coefficient (Wildman–Crippen LogP) is 3.92. The van der Waals surface area contributed by atoms with Crippen LogP contribution in [0.25, 0.3) is 0 Å². The van der Waals surface area contributed by atoms with Crippen LogP contribution < -0.4 is 10.6 Å². The van der Waals surface area contributed by atoms with Crippen LogP contribution in [0.4, 0.5) is 5.69 Å². The van der Waals surface area contributed by atoms with Gasteiger partial charge in [0.15, 0.2) is 0 Å². The molecule has 1 aromatic carbocycles. The maximum atomic E-state index is 11.6. The third-order valence-electron chi connectivity index (χ3n) is 5.24. The van der Waals surface area contributed by atoms with Gasteiger partial charge in [0.05, 0.1) is 6.42 Å². The third kappa shape index (κ3) is 2.58. The van der Waals surface area contributed by atoms with Crippen molar-refractivity contribution < 1.29 is 4.79 Å². The number of nitrogens with one attached hydrogen (secondary N) is 2. The Bertz CT molecular complexity index is 582. The van der Waals surface area contributed by atoms with Crippen LogP contribution in [-0.2, 0) is 11.2 Å². The summed E-state index contributed by atoms with van der Waals surface area (Å²) in [5.41, 5.74) is 3.39. The molecule has 3 nitrogen and oxygen atoms in total. The maximum absolute atomic E-state index is 11.6. The molecule has 2 aliphatic rings. The second-order valence-electron chi connectivity index (χ2n) is 7.01. The Kier molecular flexibility index (Phi) is 3.74. The Morgan fingerprint density at radius 3 is 2.81 bits per heavy atom. The van der Waals surface area contributed by atoms with Gasteiger partial charge in [-0.25, -0.2) is 0 Å². The number of anilines is 1. The first-order chi connectivity index (χ1) is 9.92. The lowest BCUT2D eigenvalue weighted by Crippen LogP contribution is -2.32. The van der Waals surface area contributed by atoms with E-state index in [0.717, 1.165) is 21.8 Å². The molecule has 0 spiro atoms. The minimum Gasteiger partial charge on any atom is -0.325 e. The molecule has 3 rings (SSSR count). The normalized spacial score (nSPS) is 24.8. The summed E-state index contributed by atoms with van der Waals surface area (Å²) in [6, 6.07) is 4.27. The molecule has 0 aromatic heterocycles. The van der Waals surface area contributed by atoms with Crippen molar-refractivity contribution in [2.45, 2.75) is 45.6 Å². The topological polar surface area (TPSA) is 41.1 Å². The molecule has 114 valence electrons. The van der Waals surface area contributed by atoms with Gasteiger partial charge in [-0.05, 0) is 48.4 Å². The Morgan fingerprint density at radius 2 is 2.19 bits per heavy atom. The predicted molar refractivity (Wildman–Crippen MR) is 86.7 cm³/mol. The molecule has 1 fully saturated rings. The molecule has 4 heteroatoms. The largest absolute Gasteiger partial charge is 0.325 e. The highest BCUT2D eigenvalue weighted by molar-refractivity contribution is 6.32. The van der Waals surface area contributed by atoms with Crippen molar-refractivity contribution in [3.05, 3.63) is 28.3 Å². The molecule has 0 bridgehead atoms. The molecule has 1 aliphatic carbocycles. The van der Waals surface area contributed by atoms with E-state index in [4.69, 9.17) is 11.6 Å². The lowest BCUT2D eigenvalue weighted by molar-refractivity contribution is -0.115. The minimum absolute atomic E-state index is 0.0559. The standard InChI is InChI=1S/C17H23ClN2O/c1-17(2)6-4-5-12(17)16(19-3)11-7-10-8-15(21)20-14(10)9-13(11)18/h7,9,12,16,19H,4-6,8H2,1-3H3,(H,20,21). The van der Waals surface area contributed by atoms with Gasteiger partial charge in [0, 0.05) is 16.8 Å². The number of carbonyl (C=O) groups excluding carboxylic acids is 1. The molecule has 21 heavy (non-hydrogen) atoms. The molecule has 2 unspecified atom stereocenters. The number of hydrogen-bond donors (Lipinski definition) is 2. The van der Waals surface area contributed by atoms with Crippen molar-refractivity contribution in [1.29, 1.82) is 0 Å². The van der Waals surface area contributed by atoms with Gasteiger partial charge in [-0.15, -0.1) is 0 Å². The second kappa shape index (κ2) is 5.29. The fraction of sp³-hybridized carbons (Fsp3) is 0.588. The first-order valence-corrected chi connectivity index (χ1v) is 8.09. The lowest BCUT2D eigenvalue weighted by atomic mass is 9.75.